The zero-order valence-corrected chi connectivity index (χ0v) is 35.4. The highest BCUT2D eigenvalue weighted by atomic mass is 16.5. The summed E-state index contributed by atoms with van der Waals surface area (Å²) in [5.41, 5.74) is 7.48. The van der Waals surface area contributed by atoms with Crippen LogP contribution < -0.4 is 25.4 Å². The standard InChI is InChI=1S/C45H54N8O8/c1-23(2)38(51-44(56)58-5)42(54)50-32(16-25-9-10-25)40-46-19-33(48-40)26-11-13-28-30-22-61-37-18-27(12-14-29(37)31(30)21-60-36(28)17-26)34-20-47-41(49-34)35-8-7-15-53(35)43(55)39(24(3)4)52-45(57)59-6/h11-14,17-20,23-25,32,35,38-39H,7-10,15-16,21-22H2,1-6H3,(H,46,48)(H,47,49)(H,50,54)(H,51,56)(H,52,57)/t32-,35-,38-,39-/m0/s1. The first-order chi connectivity index (χ1) is 29.4. The van der Waals surface area contributed by atoms with E-state index in [4.69, 9.17) is 28.9 Å². The van der Waals surface area contributed by atoms with Crippen LogP contribution in [0.1, 0.15) is 94.7 Å². The van der Waals surface area contributed by atoms with Crippen LogP contribution in [-0.2, 0) is 19.1 Å². The number of hydrogen-bond donors (Lipinski definition) is 5. The fourth-order valence-electron chi connectivity index (χ4n) is 8.49. The molecule has 4 atom stereocenters. The lowest BCUT2D eigenvalue weighted by molar-refractivity contribution is -0.135. The van der Waals surface area contributed by atoms with Gasteiger partial charge in [-0.05, 0) is 49.1 Å². The van der Waals surface area contributed by atoms with Gasteiger partial charge in [0.15, 0.2) is 0 Å². The van der Waals surface area contributed by atoms with Gasteiger partial charge in [0.25, 0.3) is 0 Å². The first-order valence-corrected chi connectivity index (χ1v) is 21.1. The van der Waals surface area contributed by atoms with Crippen molar-refractivity contribution in [1.82, 2.24) is 40.8 Å². The molecule has 1 aliphatic carbocycles. The molecule has 5 N–H and O–H groups in total. The van der Waals surface area contributed by atoms with Crippen molar-refractivity contribution >= 4 is 35.1 Å². The van der Waals surface area contributed by atoms with E-state index in [1.54, 1.807) is 17.3 Å². The minimum absolute atomic E-state index is 0.121. The Balaban J connectivity index is 0.972. The Morgan fingerprint density at radius 3 is 1.92 bits per heavy atom. The van der Waals surface area contributed by atoms with E-state index in [9.17, 15) is 19.2 Å². The van der Waals surface area contributed by atoms with E-state index in [1.807, 2.05) is 52.0 Å². The van der Waals surface area contributed by atoms with Crippen LogP contribution in [0.3, 0.4) is 0 Å². The van der Waals surface area contributed by atoms with Crippen LogP contribution in [-0.4, -0.2) is 94.9 Å². The number of fused-ring (bicyclic) bond motifs is 4. The third-order valence-corrected chi connectivity index (χ3v) is 12.1. The number of nitrogens with one attached hydrogen (secondary N) is 5. The van der Waals surface area contributed by atoms with Gasteiger partial charge in [0.2, 0.25) is 11.8 Å². The minimum atomic E-state index is -0.750. The van der Waals surface area contributed by atoms with Crippen molar-refractivity contribution in [3.8, 4) is 34.0 Å². The third kappa shape index (κ3) is 8.66. The van der Waals surface area contributed by atoms with Gasteiger partial charge in [0, 0.05) is 39.9 Å². The Labute approximate surface area is 354 Å². The highest BCUT2D eigenvalue weighted by Crippen LogP contribution is 2.45. The van der Waals surface area contributed by atoms with Crippen LogP contribution in [0.4, 0.5) is 9.59 Å². The van der Waals surface area contributed by atoms with E-state index in [0.29, 0.717) is 37.3 Å². The molecule has 0 radical (unpaired) electrons. The van der Waals surface area contributed by atoms with Crippen LogP contribution in [0.15, 0.2) is 48.8 Å². The van der Waals surface area contributed by atoms with Crippen LogP contribution in [0.5, 0.6) is 11.5 Å². The number of carbonyl (C=O) groups is 4. The minimum Gasteiger partial charge on any atom is -0.488 e. The number of hydrogen-bond acceptors (Lipinski definition) is 10. The normalized spacial score (nSPS) is 18.2. The molecule has 2 aromatic heterocycles. The number of amides is 4. The number of H-pyrrole nitrogens is 2. The SMILES string of the molecule is COC(=O)N[C@H](C(=O)N[C@@H](CC1CC1)c1ncc(-c2ccc3c(c2)OCC2=C3COc3cc(-c4cnc([C@@H]5CCCN5C(=O)[C@@H](NC(=O)OC)C(C)C)[nH]4)ccc32)[nH]1)C(C)C. The predicted molar refractivity (Wildman–Crippen MR) is 226 cm³/mol. The maximum atomic E-state index is 13.6. The van der Waals surface area contributed by atoms with Crippen LogP contribution in [0.2, 0.25) is 0 Å². The maximum Gasteiger partial charge on any atom is 0.407 e. The molecule has 16 nitrogen and oxygen atoms in total. The second kappa shape index (κ2) is 17.3. The zero-order valence-electron chi connectivity index (χ0n) is 35.4. The average Bonchev–Trinajstić information content (AvgIpc) is 3.62. The van der Waals surface area contributed by atoms with E-state index in [2.05, 4.69) is 38.1 Å². The molecule has 8 rings (SSSR count). The van der Waals surface area contributed by atoms with Crippen molar-refractivity contribution in [2.75, 3.05) is 34.0 Å². The number of ether oxygens (including phenoxy) is 4. The van der Waals surface area contributed by atoms with Crippen LogP contribution in [0, 0.1) is 17.8 Å². The highest BCUT2D eigenvalue weighted by molar-refractivity contribution is 5.98. The van der Waals surface area contributed by atoms with Gasteiger partial charge in [-0.25, -0.2) is 19.6 Å². The molecule has 322 valence electrons. The number of imidazole rings is 2. The number of rotatable bonds is 13. The lowest BCUT2D eigenvalue weighted by atomic mass is 9.89. The van der Waals surface area contributed by atoms with Crippen LogP contribution >= 0.6 is 0 Å². The summed E-state index contributed by atoms with van der Waals surface area (Å²) in [6.45, 7) is 8.88. The molecule has 4 amide bonds. The summed E-state index contributed by atoms with van der Waals surface area (Å²) in [6, 6.07) is 10.1. The highest BCUT2D eigenvalue weighted by Gasteiger charge is 2.38. The Bertz CT molecular complexity index is 2340. The second-order valence-corrected chi connectivity index (χ2v) is 17.0. The van der Waals surface area contributed by atoms with Crippen molar-refractivity contribution in [3.05, 3.63) is 71.6 Å². The quantitative estimate of drug-likeness (QED) is 0.0984. The fourth-order valence-corrected chi connectivity index (χ4v) is 8.49. The van der Waals surface area contributed by atoms with Gasteiger partial charge >= 0.3 is 12.2 Å². The average molecular weight is 835 g/mol. The number of benzene rings is 2. The second-order valence-electron chi connectivity index (χ2n) is 17.0. The van der Waals surface area contributed by atoms with Crippen molar-refractivity contribution < 1.29 is 38.1 Å². The third-order valence-electron chi connectivity index (χ3n) is 12.1. The van der Waals surface area contributed by atoms with Gasteiger partial charge in [0.05, 0.1) is 50.1 Å². The molecule has 16 heteroatoms. The zero-order chi connectivity index (χ0) is 42.9. The summed E-state index contributed by atoms with van der Waals surface area (Å²) in [5.74, 6) is 2.65. The molecular formula is C45H54N8O8. The van der Waals surface area contributed by atoms with Crippen LogP contribution in [0.25, 0.3) is 33.7 Å². The molecule has 3 aliphatic heterocycles. The number of nitrogens with zero attached hydrogens (tertiary/aromatic N) is 3. The Kier molecular flexibility index (Phi) is 11.8. The van der Waals surface area contributed by atoms with E-state index in [-0.39, 0.29) is 35.7 Å². The van der Waals surface area contributed by atoms with E-state index in [0.717, 1.165) is 88.4 Å². The van der Waals surface area contributed by atoms with Gasteiger partial charge in [-0.15, -0.1) is 0 Å². The number of carbonyl (C=O) groups excluding carboxylic acids is 4. The topological polar surface area (TPSA) is 202 Å². The predicted octanol–water partition coefficient (Wildman–Crippen LogP) is 6.54. The Hall–Kier alpha value is -6.32. The molecule has 0 spiro atoms. The molecule has 0 bridgehead atoms. The van der Waals surface area contributed by atoms with E-state index in [1.165, 1.54) is 14.2 Å². The smallest absolute Gasteiger partial charge is 0.407 e. The Morgan fingerprint density at radius 1 is 0.770 bits per heavy atom. The number of aromatic nitrogens is 4. The molecule has 1 saturated heterocycles. The summed E-state index contributed by atoms with van der Waals surface area (Å²) < 4.78 is 22.3. The summed E-state index contributed by atoms with van der Waals surface area (Å²) in [5, 5.41) is 8.49. The van der Waals surface area contributed by atoms with Gasteiger partial charge in [-0.3, -0.25) is 9.59 Å². The first kappa shape index (κ1) is 41.4. The van der Waals surface area contributed by atoms with E-state index < -0.39 is 24.3 Å². The molecule has 5 heterocycles. The van der Waals surface area contributed by atoms with Crippen molar-refractivity contribution in [3.63, 3.8) is 0 Å². The monoisotopic (exact) mass is 834 g/mol. The summed E-state index contributed by atoms with van der Waals surface area (Å²) >= 11 is 0. The molecule has 0 unspecified atom stereocenters. The van der Waals surface area contributed by atoms with Crippen molar-refractivity contribution in [1.29, 1.82) is 0 Å². The summed E-state index contributed by atoms with van der Waals surface area (Å²) in [6.07, 6.45) is 6.84. The van der Waals surface area contributed by atoms with Gasteiger partial charge < -0.3 is 49.8 Å². The molecular weight excluding hydrogens is 781 g/mol. The number of likely N-dealkylation sites (tertiary alicyclic amines) is 1. The fraction of sp³-hybridized carbons (Fsp3) is 0.467. The summed E-state index contributed by atoms with van der Waals surface area (Å²) in [4.78, 5) is 69.1. The van der Waals surface area contributed by atoms with Gasteiger partial charge in [-0.1, -0.05) is 64.8 Å². The summed E-state index contributed by atoms with van der Waals surface area (Å²) in [7, 11) is 2.56. The molecule has 1 saturated carbocycles. The Morgan fingerprint density at radius 2 is 1.34 bits per heavy atom. The van der Waals surface area contributed by atoms with Gasteiger partial charge in [-0.2, -0.15) is 0 Å². The molecule has 4 aliphatic rings. The number of methoxy groups -OCH3 is 2. The molecule has 2 aromatic carbocycles. The van der Waals surface area contributed by atoms with Crippen molar-refractivity contribution in [2.24, 2.45) is 17.8 Å². The maximum absolute atomic E-state index is 13.6. The lowest BCUT2D eigenvalue weighted by Gasteiger charge is -2.30. The first-order valence-electron chi connectivity index (χ1n) is 21.1. The lowest BCUT2D eigenvalue weighted by Crippen LogP contribution is -2.51. The number of aromatic amines is 2. The molecule has 4 aromatic rings. The molecule has 61 heavy (non-hydrogen) atoms. The van der Waals surface area contributed by atoms with Gasteiger partial charge in [0.1, 0.15) is 48.4 Å². The van der Waals surface area contributed by atoms with Crippen molar-refractivity contribution in [2.45, 2.75) is 84.0 Å². The number of alkyl carbamates (subject to hydrolysis) is 2. The van der Waals surface area contributed by atoms with E-state index >= 15 is 0 Å². The molecule has 2 fully saturated rings. The largest absolute Gasteiger partial charge is 0.488 e.